The summed E-state index contributed by atoms with van der Waals surface area (Å²) in [5.41, 5.74) is 0.652. The maximum absolute atomic E-state index is 12.3. The van der Waals surface area contributed by atoms with Crippen molar-refractivity contribution in [3.05, 3.63) is 45.7 Å². The number of nitrogens with zero attached hydrogens (tertiary/aromatic N) is 3. The van der Waals surface area contributed by atoms with Gasteiger partial charge < -0.3 is 9.32 Å². The average Bonchev–Trinajstić information content (AvgIpc) is 3.30. The number of hydrogen-bond acceptors (Lipinski definition) is 8. The van der Waals surface area contributed by atoms with E-state index >= 15 is 0 Å². The predicted octanol–water partition coefficient (Wildman–Crippen LogP) is 3.61. The molecule has 4 rings (SSSR count). The third-order valence-electron chi connectivity index (χ3n) is 4.57. The largest absolute Gasteiger partial charge is 0.441 e. The van der Waals surface area contributed by atoms with Crippen LogP contribution in [0.1, 0.15) is 12.7 Å². The number of carbonyl (C=O) groups excluding carboxylic acids is 1. The predicted molar refractivity (Wildman–Crippen MR) is 114 cm³/mol. The zero-order chi connectivity index (χ0) is 21.5. The molecule has 1 aliphatic rings. The Balaban J connectivity index is 1.39. The Morgan fingerprint density at radius 1 is 1.30 bits per heavy atom. The lowest BCUT2D eigenvalue weighted by atomic mass is 10.00. The van der Waals surface area contributed by atoms with Gasteiger partial charge in [-0.15, -0.1) is 11.3 Å². The van der Waals surface area contributed by atoms with Crippen LogP contribution in [-0.4, -0.2) is 37.4 Å². The summed E-state index contributed by atoms with van der Waals surface area (Å²) in [6.07, 6.45) is 4.00. The van der Waals surface area contributed by atoms with Gasteiger partial charge in [-0.25, -0.2) is 23.1 Å². The zero-order valence-electron chi connectivity index (χ0n) is 15.6. The smallest absolute Gasteiger partial charge is 0.273 e. The standard InChI is InChI=1S/C18H16Cl2N4O4S2/c1-2-12-7-22-18(28-12)10-5-13(19)16(21-6-10)24-8-11(9-24)17(25)23-30(26,27)15-4-3-14(20)29-15/h3-7,11H,2,8-9H2,1H3,(H,23,25). The molecule has 0 bridgehead atoms. The summed E-state index contributed by atoms with van der Waals surface area (Å²) in [5.74, 6) is 0.649. The van der Waals surface area contributed by atoms with Gasteiger partial charge in [-0.05, 0) is 18.2 Å². The van der Waals surface area contributed by atoms with Crippen LogP contribution in [0.15, 0.2) is 39.2 Å². The second-order valence-electron chi connectivity index (χ2n) is 6.64. The number of hydrogen-bond donors (Lipinski definition) is 1. The van der Waals surface area contributed by atoms with E-state index in [2.05, 4.69) is 14.7 Å². The van der Waals surface area contributed by atoms with Crippen LogP contribution in [0.25, 0.3) is 11.5 Å². The van der Waals surface area contributed by atoms with Crippen LogP contribution in [0.3, 0.4) is 0 Å². The number of oxazole rings is 1. The Bertz CT molecular complexity index is 1200. The fourth-order valence-electron chi connectivity index (χ4n) is 2.91. The minimum atomic E-state index is -3.93. The minimum Gasteiger partial charge on any atom is -0.441 e. The van der Waals surface area contributed by atoms with E-state index in [0.717, 1.165) is 23.5 Å². The van der Waals surface area contributed by atoms with E-state index in [0.29, 0.717) is 39.7 Å². The summed E-state index contributed by atoms with van der Waals surface area (Å²) >= 11 is 13.0. The van der Waals surface area contributed by atoms with Gasteiger partial charge in [-0.1, -0.05) is 30.1 Å². The Kier molecular flexibility index (Phi) is 5.75. The fraction of sp³-hybridized carbons (Fsp3) is 0.278. The molecule has 3 aromatic rings. The Hall–Kier alpha value is -2.14. The van der Waals surface area contributed by atoms with Crippen LogP contribution in [0, 0.1) is 5.92 Å². The van der Waals surface area contributed by atoms with E-state index in [4.69, 9.17) is 27.6 Å². The average molecular weight is 487 g/mol. The maximum Gasteiger partial charge on any atom is 0.273 e. The first kappa shape index (κ1) is 21.1. The summed E-state index contributed by atoms with van der Waals surface area (Å²) in [7, 11) is -3.93. The molecule has 3 aromatic heterocycles. The molecule has 0 unspecified atom stereocenters. The molecule has 0 atom stereocenters. The molecule has 0 aliphatic carbocycles. The van der Waals surface area contributed by atoms with E-state index in [1.54, 1.807) is 23.4 Å². The van der Waals surface area contributed by atoms with Crippen molar-refractivity contribution in [3.8, 4) is 11.5 Å². The molecule has 0 radical (unpaired) electrons. The topological polar surface area (TPSA) is 105 Å². The lowest BCUT2D eigenvalue weighted by Gasteiger charge is -2.39. The number of sulfonamides is 1. The van der Waals surface area contributed by atoms with Gasteiger partial charge in [0.05, 0.1) is 27.0 Å². The zero-order valence-corrected chi connectivity index (χ0v) is 18.8. The molecule has 1 amide bonds. The van der Waals surface area contributed by atoms with E-state index in [1.165, 1.54) is 12.1 Å². The molecule has 158 valence electrons. The summed E-state index contributed by atoms with van der Waals surface area (Å²) in [6, 6.07) is 4.53. The number of anilines is 1. The molecule has 8 nitrogen and oxygen atoms in total. The number of thiophene rings is 1. The number of nitrogens with one attached hydrogen (secondary N) is 1. The summed E-state index contributed by atoms with van der Waals surface area (Å²) in [4.78, 5) is 22.7. The van der Waals surface area contributed by atoms with Crippen LogP contribution >= 0.6 is 34.5 Å². The molecule has 1 saturated heterocycles. The molecular weight excluding hydrogens is 471 g/mol. The number of aryl methyl sites for hydroxylation is 1. The molecular formula is C18H16Cl2N4O4S2. The molecule has 1 fully saturated rings. The summed E-state index contributed by atoms with van der Waals surface area (Å²) in [5, 5.41) is 0.392. The van der Waals surface area contributed by atoms with Crippen molar-refractivity contribution in [1.29, 1.82) is 0 Å². The van der Waals surface area contributed by atoms with E-state index in [1.807, 2.05) is 6.92 Å². The normalized spacial score (nSPS) is 14.6. The second kappa shape index (κ2) is 8.18. The van der Waals surface area contributed by atoms with E-state index < -0.39 is 21.8 Å². The highest BCUT2D eigenvalue weighted by Crippen LogP contribution is 2.33. The van der Waals surface area contributed by atoms with Crippen LogP contribution in [0.4, 0.5) is 5.82 Å². The van der Waals surface area contributed by atoms with Gasteiger partial charge in [-0.3, -0.25) is 4.79 Å². The van der Waals surface area contributed by atoms with E-state index in [-0.39, 0.29) is 4.21 Å². The Morgan fingerprint density at radius 3 is 2.67 bits per heavy atom. The van der Waals surface area contributed by atoms with Gasteiger partial charge in [0, 0.05) is 25.7 Å². The van der Waals surface area contributed by atoms with Crippen LogP contribution in [0.5, 0.6) is 0 Å². The lowest BCUT2D eigenvalue weighted by Crippen LogP contribution is -2.54. The SMILES string of the molecule is CCc1cnc(-c2cnc(N3CC(C(=O)NS(=O)(=O)c4ccc(Cl)s4)C3)c(Cl)c2)o1. The van der Waals surface area contributed by atoms with Crippen molar-refractivity contribution in [2.24, 2.45) is 5.92 Å². The van der Waals surface area contributed by atoms with Gasteiger partial charge in [0.1, 0.15) is 15.8 Å². The molecule has 1 aliphatic heterocycles. The molecule has 0 saturated carbocycles. The van der Waals surface area contributed by atoms with Gasteiger partial charge >= 0.3 is 0 Å². The van der Waals surface area contributed by atoms with Crippen LogP contribution in [-0.2, 0) is 21.2 Å². The summed E-state index contributed by atoms with van der Waals surface area (Å²) in [6.45, 7) is 2.57. The molecule has 1 N–H and O–H groups in total. The Labute approximate surface area is 186 Å². The van der Waals surface area contributed by atoms with Gasteiger partial charge in [-0.2, -0.15) is 0 Å². The van der Waals surface area contributed by atoms with Crippen molar-refractivity contribution in [2.75, 3.05) is 18.0 Å². The molecule has 0 aromatic carbocycles. The van der Waals surface area contributed by atoms with Gasteiger partial charge in [0.2, 0.25) is 11.8 Å². The first-order chi connectivity index (χ1) is 14.3. The van der Waals surface area contributed by atoms with Gasteiger partial charge in [0.15, 0.2) is 0 Å². The Morgan fingerprint density at radius 2 is 2.07 bits per heavy atom. The lowest BCUT2D eigenvalue weighted by molar-refractivity contribution is -0.123. The monoisotopic (exact) mass is 486 g/mol. The van der Waals surface area contributed by atoms with Gasteiger partial charge in [0.25, 0.3) is 10.0 Å². The fourth-order valence-corrected chi connectivity index (χ4v) is 5.72. The molecule has 30 heavy (non-hydrogen) atoms. The van der Waals surface area contributed by atoms with Crippen molar-refractivity contribution in [1.82, 2.24) is 14.7 Å². The van der Waals surface area contributed by atoms with Crippen molar-refractivity contribution in [2.45, 2.75) is 17.6 Å². The first-order valence-electron chi connectivity index (χ1n) is 8.94. The number of rotatable bonds is 6. The van der Waals surface area contributed by atoms with E-state index in [9.17, 15) is 13.2 Å². The molecule has 0 spiro atoms. The van der Waals surface area contributed by atoms with Crippen molar-refractivity contribution < 1.29 is 17.6 Å². The second-order valence-corrected chi connectivity index (χ2v) is 10.7. The van der Waals surface area contributed by atoms with Crippen LogP contribution < -0.4 is 9.62 Å². The molecule has 12 heteroatoms. The number of amides is 1. The number of aromatic nitrogens is 2. The maximum atomic E-state index is 12.3. The minimum absolute atomic E-state index is 0.00454. The van der Waals surface area contributed by atoms with Crippen molar-refractivity contribution >= 4 is 56.3 Å². The number of halogens is 2. The first-order valence-corrected chi connectivity index (χ1v) is 12.0. The molecule has 4 heterocycles. The number of pyridine rings is 1. The summed E-state index contributed by atoms with van der Waals surface area (Å²) < 4.78 is 32.5. The highest BCUT2D eigenvalue weighted by Gasteiger charge is 2.36. The highest BCUT2D eigenvalue weighted by atomic mass is 35.5. The highest BCUT2D eigenvalue weighted by molar-refractivity contribution is 7.92. The van der Waals surface area contributed by atoms with Crippen molar-refractivity contribution in [3.63, 3.8) is 0 Å². The third kappa shape index (κ3) is 4.18. The number of carbonyl (C=O) groups is 1. The third-order valence-corrected chi connectivity index (χ3v) is 7.92. The quantitative estimate of drug-likeness (QED) is 0.566. The van der Waals surface area contributed by atoms with Crippen LogP contribution in [0.2, 0.25) is 9.36 Å².